The van der Waals surface area contributed by atoms with Crippen molar-refractivity contribution >= 4 is 27.3 Å². The quantitative estimate of drug-likeness (QED) is 0.873. The summed E-state index contributed by atoms with van der Waals surface area (Å²) >= 11 is 0. The molecule has 1 aliphatic heterocycles. The number of amides is 1. The Balaban J connectivity index is 1.83. The highest BCUT2D eigenvalue weighted by Crippen LogP contribution is 2.35. The predicted octanol–water partition coefficient (Wildman–Crippen LogP) is 3.11. The highest BCUT2D eigenvalue weighted by atomic mass is 32.2. The maximum absolute atomic E-state index is 12.7. The number of aryl methyl sites for hydroxylation is 2. The molecular formula is C20H24N2O4S. The van der Waals surface area contributed by atoms with Gasteiger partial charge in [0.2, 0.25) is 10.0 Å². The molecule has 144 valence electrons. The number of carbonyl (C=O) groups is 1. The van der Waals surface area contributed by atoms with Crippen LogP contribution >= 0.6 is 0 Å². The minimum absolute atomic E-state index is 0.183. The van der Waals surface area contributed by atoms with E-state index in [-0.39, 0.29) is 18.9 Å². The first kappa shape index (κ1) is 19.2. The molecule has 0 aliphatic carbocycles. The molecule has 1 N–H and O–H groups in total. The Morgan fingerprint density at radius 2 is 1.93 bits per heavy atom. The van der Waals surface area contributed by atoms with Crippen LogP contribution in [0.5, 0.6) is 5.75 Å². The van der Waals surface area contributed by atoms with Gasteiger partial charge in [0, 0.05) is 18.7 Å². The summed E-state index contributed by atoms with van der Waals surface area (Å²) in [5, 5.41) is 2.85. The second kappa shape index (κ2) is 7.60. The van der Waals surface area contributed by atoms with Crippen LogP contribution in [-0.4, -0.2) is 33.2 Å². The zero-order valence-electron chi connectivity index (χ0n) is 15.7. The molecule has 2 aromatic rings. The molecule has 1 unspecified atom stereocenters. The molecule has 0 bridgehead atoms. The van der Waals surface area contributed by atoms with Crippen LogP contribution in [0, 0.1) is 6.92 Å². The van der Waals surface area contributed by atoms with Gasteiger partial charge in [-0.05, 0) is 48.7 Å². The third-order valence-electron chi connectivity index (χ3n) is 4.57. The normalized spacial score (nSPS) is 16.9. The van der Waals surface area contributed by atoms with Crippen LogP contribution < -0.4 is 14.4 Å². The molecular weight excluding hydrogens is 364 g/mol. The van der Waals surface area contributed by atoms with E-state index in [4.69, 9.17) is 4.74 Å². The molecule has 0 aromatic heterocycles. The van der Waals surface area contributed by atoms with E-state index < -0.39 is 16.1 Å². The van der Waals surface area contributed by atoms with E-state index in [1.807, 2.05) is 37.3 Å². The van der Waals surface area contributed by atoms with E-state index in [2.05, 4.69) is 12.2 Å². The third kappa shape index (κ3) is 4.42. The Hall–Kier alpha value is -2.54. The Bertz CT molecular complexity index is 939. The van der Waals surface area contributed by atoms with Crippen molar-refractivity contribution in [2.75, 3.05) is 22.4 Å². The molecule has 27 heavy (non-hydrogen) atoms. The van der Waals surface area contributed by atoms with Gasteiger partial charge in [0.05, 0.1) is 11.9 Å². The van der Waals surface area contributed by atoms with Gasteiger partial charge in [-0.2, -0.15) is 0 Å². The average molecular weight is 388 g/mol. The van der Waals surface area contributed by atoms with Crippen LogP contribution in [0.2, 0.25) is 0 Å². The second-order valence-corrected chi connectivity index (χ2v) is 8.65. The van der Waals surface area contributed by atoms with Crippen molar-refractivity contribution in [3.63, 3.8) is 0 Å². The Labute approximate surface area is 160 Å². The fourth-order valence-corrected chi connectivity index (χ4v) is 4.00. The number of benzene rings is 2. The van der Waals surface area contributed by atoms with E-state index >= 15 is 0 Å². The van der Waals surface area contributed by atoms with Crippen LogP contribution in [-0.2, 0) is 21.2 Å². The van der Waals surface area contributed by atoms with Crippen LogP contribution in [0.1, 0.15) is 24.5 Å². The zero-order chi connectivity index (χ0) is 19.6. The number of fused-ring (bicyclic) bond motifs is 1. The number of hydrogen-bond donors (Lipinski definition) is 1. The number of sulfonamides is 1. The smallest absolute Gasteiger partial charge is 0.265 e. The molecule has 0 radical (unpaired) electrons. The van der Waals surface area contributed by atoms with E-state index in [0.29, 0.717) is 17.1 Å². The second-order valence-electron chi connectivity index (χ2n) is 6.74. The molecule has 1 aliphatic rings. The standard InChI is InChI=1S/C20H24N2O4S/c1-4-15-6-8-16(9-7-15)21-20(23)19-11-12-22(27(3,24)25)17-13-14(2)5-10-18(17)26-19/h5-10,13,19H,4,11-12H2,1-3H3,(H,21,23). The van der Waals surface area contributed by atoms with Crippen molar-refractivity contribution in [2.24, 2.45) is 0 Å². The number of rotatable bonds is 4. The lowest BCUT2D eigenvalue weighted by Gasteiger charge is -2.21. The molecule has 1 amide bonds. The molecule has 0 fully saturated rings. The topological polar surface area (TPSA) is 75.7 Å². The fraction of sp³-hybridized carbons (Fsp3) is 0.350. The first-order valence-corrected chi connectivity index (χ1v) is 10.8. The molecule has 2 aromatic carbocycles. The highest BCUT2D eigenvalue weighted by molar-refractivity contribution is 7.92. The predicted molar refractivity (Wildman–Crippen MR) is 107 cm³/mol. The van der Waals surface area contributed by atoms with Gasteiger partial charge in [0.15, 0.2) is 6.10 Å². The summed E-state index contributed by atoms with van der Waals surface area (Å²) in [5.41, 5.74) is 3.27. The Morgan fingerprint density at radius 3 is 2.56 bits per heavy atom. The zero-order valence-corrected chi connectivity index (χ0v) is 16.5. The van der Waals surface area contributed by atoms with Crippen LogP contribution in [0.15, 0.2) is 42.5 Å². The lowest BCUT2D eigenvalue weighted by molar-refractivity contribution is -0.122. The molecule has 6 nitrogen and oxygen atoms in total. The molecule has 7 heteroatoms. The van der Waals surface area contributed by atoms with Gasteiger partial charge < -0.3 is 10.1 Å². The van der Waals surface area contributed by atoms with Crippen molar-refractivity contribution in [3.05, 3.63) is 53.6 Å². The lowest BCUT2D eigenvalue weighted by Crippen LogP contribution is -2.35. The first-order chi connectivity index (χ1) is 12.8. The van der Waals surface area contributed by atoms with Gasteiger partial charge in [-0.3, -0.25) is 9.10 Å². The van der Waals surface area contributed by atoms with E-state index in [1.54, 1.807) is 12.1 Å². The number of ether oxygens (including phenoxy) is 1. The number of nitrogens with one attached hydrogen (secondary N) is 1. The molecule has 1 heterocycles. The van der Waals surface area contributed by atoms with E-state index in [9.17, 15) is 13.2 Å². The Morgan fingerprint density at radius 1 is 1.22 bits per heavy atom. The van der Waals surface area contributed by atoms with Gasteiger partial charge in [-0.1, -0.05) is 25.1 Å². The van der Waals surface area contributed by atoms with Crippen LogP contribution in [0.25, 0.3) is 0 Å². The minimum Gasteiger partial charge on any atom is -0.478 e. The summed E-state index contributed by atoms with van der Waals surface area (Å²) < 4.78 is 31.6. The third-order valence-corrected chi connectivity index (χ3v) is 5.75. The number of nitrogens with zero attached hydrogens (tertiary/aromatic N) is 1. The van der Waals surface area contributed by atoms with Gasteiger partial charge in [-0.25, -0.2) is 8.42 Å². The van der Waals surface area contributed by atoms with Gasteiger partial charge in [-0.15, -0.1) is 0 Å². The average Bonchev–Trinajstić information content (AvgIpc) is 2.81. The minimum atomic E-state index is -3.47. The van der Waals surface area contributed by atoms with E-state index in [1.165, 1.54) is 9.87 Å². The molecule has 0 saturated carbocycles. The van der Waals surface area contributed by atoms with Gasteiger partial charge >= 0.3 is 0 Å². The fourth-order valence-electron chi connectivity index (χ4n) is 3.06. The molecule has 0 spiro atoms. The first-order valence-electron chi connectivity index (χ1n) is 8.92. The largest absolute Gasteiger partial charge is 0.478 e. The highest BCUT2D eigenvalue weighted by Gasteiger charge is 2.31. The van der Waals surface area contributed by atoms with Crippen molar-refractivity contribution in [2.45, 2.75) is 32.8 Å². The Kier molecular flexibility index (Phi) is 5.41. The van der Waals surface area contributed by atoms with Crippen LogP contribution in [0.4, 0.5) is 11.4 Å². The SMILES string of the molecule is CCc1ccc(NC(=O)C2CCN(S(C)(=O)=O)c3cc(C)ccc3O2)cc1. The summed E-state index contributed by atoms with van der Waals surface area (Å²) in [4.78, 5) is 12.7. The summed E-state index contributed by atoms with van der Waals surface area (Å²) in [5.74, 6) is 0.103. The van der Waals surface area contributed by atoms with Gasteiger partial charge in [0.1, 0.15) is 5.75 Å². The van der Waals surface area contributed by atoms with Gasteiger partial charge in [0.25, 0.3) is 5.91 Å². The summed E-state index contributed by atoms with van der Waals surface area (Å²) in [6.45, 7) is 4.14. The van der Waals surface area contributed by atoms with E-state index in [0.717, 1.165) is 18.2 Å². The van der Waals surface area contributed by atoms with Crippen molar-refractivity contribution < 1.29 is 17.9 Å². The maximum Gasteiger partial charge on any atom is 0.265 e. The van der Waals surface area contributed by atoms with Crippen molar-refractivity contribution in [3.8, 4) is 5.75 Å². The summed E-state index contributed by atoms with van der Waals surface area (Å²) in [6, 6.07) is 13.0. The number of hydrogen-bond acceptors (Lipinski definition) is 4. The van der Waals surface area contributed by atoms with Crippen LogP contribution in [0.3, 0.4) is 0 Å². The maximum atomic E-state index is 12.7. The van der Waals surface area contributed by atoms with Crippen molar-refractivity contribution in [1.82, 2.24) is 0 Å². The van der Waals surface area contributed by atoms with Crippen molar-refractivity contribution in [1.29, 1.82) is 0 Å². The molecule has 3 rings (SSSR count). The molecule has 1 atom stereocenters. The summed E-state index contributed by atoms with van der Waals surface area (Å²) in [6.07, 6.45) is 1.58. The molecule has 0 saturated heterocycles. The lowest BCUT2D eigenvalue weighted by atomic mass is 10.1. The monoisotopic (exact) mass is 388 g/mol. The number of anilines is 2. The summed E-state index contributed by atoms with van der Waals surface area (Å²) in [7, 11) is -3.47. The number of carbonyl (C=O) groups excluding carboxylic acids is 1.